The average Bonchev–Trinajstić information content (AvgIpc) is 2.53. The second-order valence-corrected chi connectivity index (χ2v) is 6.23. The SMILES string of the molecule is CN1C(=O)CN(CCN(CCN(CC(=O)O)CC(=O)O)CC(=O)O)CC1=O. The molecule has 0 saturated carbocycles. The van der Waals surface area contributed by atoms with Gasteiger partial charge in [0, 0.05) is 33.2 Å². The summed E-state index contributed by atoms with van der Waals surface area (Å²) in [4.78, 5) is 61.4. The number of carboxylic acid groups (broad SMARTS) is 3. The van der Waals surface area contributed by atoms with Crippen molar-refractivity contribution in [3.05, 3.63) is 0 Å². The number of carbonyl (C=O) groups excluding carboxylic acids is 2. The fourth-order valence-electron chi connectivity index (χ4n) is 2.57. The van der Waals surface area contributed by atoms with Crippen molar-refractivity contribution in [1.82, 2.24) is 19.6 Å². The molecule has 0 aromatic heterocycles. The normalized spacial score (nSPS) is 15.6. The molecule has 0 aromatic rings. The van der Waals surface area contributed by atoms with E-state index in [1.165, 1.54) is 16.8 Å². The van der Waals surface area contributed by atoms with E-state index < -0.39 is 31.0 Å². The number of rotatable bonds is 12. The van der Waals surface area contributed by atoms with Crippen molar-refractivity contribution in [2.75, 3.05) is 66.0 Å². The first-order valence-electron chi connectivity index (χ1n) is 8.20. The Kier molecular flexibility index (Phi) is 8.78. The molecule has 0 bridgehead atoms. The monoisotopic (exact) mass is 388 g/mol. The van der Waals surface area contributed by atoms with Crippen LogP contribution in [0.3, 0.4) is 0 Å². The third-order valence-corrected chi connectivity index (χ3v) is 4.01. The highest BCUT2D eigenvalue weighted by Gasteiger charge is 2.28. The van der Waals surface area contributed by atoms with Crippen LogP contribution < -0.4 is 0 Å². The van der Waals surface area contributed by atoms with Crippen molar-refractivity contribution in [1.29, 1.82) is 0 Å². The number of piperazine rings is 1. The van der Waals surface area contributed by atoms with Crippen molar-refractivity contribution < 1.29 is 39.3 Å². The number of carboxylic acids is 3. The molecule has 1 aliphatic heterocycles. The molecule has 12 nitrogen and oxygen atoms in total. The van der Waals surface area contributed by atoms with E-state index >= 15 is 0 Å². The Bertz CT molecular complexity index is 562. The third-order valence-electron chi connectivity index (χ3n) is 4.01. The standard InChI is InChI=1S/C15H24N4O8/c1-16-11(20)6-18(7-12(16)21)4-2-17(8-13(22)23)3-5-19(9-14(24)25)10-15(26)27/h2-10H2,1H3,(H,22,23)(H,24,25)(H,26,27). The predicted molar refractivity (Wildman–Crippen MR) is 90.0 cm³/mol. The molecular formula is C15H24N4O8. The van der Waals surface area contributed by atoms with Gasteiger partial charge in [-0.15, -0.1) is 0 Å². The molecule has 12 heteroatoms. The summed E-state index contributed by atoms with van der Waals surface area (Å²) in [5.74, 6) is -4.15. The first kappa shape index (κ1) is 22.5. The molecule has 0 radical (unpaired) electrons. The molecule has 3 N–H and O–H groups in total. The van der Waals surface area contributed by atoms with E-state index in [9.17, 15) is 24.0 Å². The van der Waals surface area contributed by atoms with Crippen LogP contribution in [0, 0.1) is 0 Å². The number of amides is 2. The van der Waals surface area contributed by atoms with Crippen LogP contribution in [0.25, 0.3) is 0 Å². The largest absolute Gasteiger partial charge is 0.480 e. The minimum absolute atomic E-state index is 0.0481. The number of imide groups is 1. The summed E-state index contributed by atoms with van der Waals surface area (Å²) in [5.41, 5.74) is 0. The van der Waals surface area contributed by atoms with Crippen LogP contribution in [-0.4, -0.2) is 131 Å². The van der Waals surface area contributed by atoms with Crippen LogP contribution in [0.1, 0.15) is 0 Å². The van der Waals surface area contributed by atoms with Crippen LogP contribution in [-0.2, 0) is 24.0 Å². The van der Waals surface area contributed by atoms with E-state index in [1.807, 2.05) is 0 Å². The van der Waals surface area contributed by atoms with Gasteiger partial charge in [0.25, 0.3) is 0 Å². The van der Waals surface area contributed by atoms with E-state index in [0.29, 0.717) is 0 Å². The number of nitrogens with zero attached hydrogens (tertiary/aromatic N) is 4. The Morgan fingerprint density at radius 3 is 1.67 bits per heavy atom. The Morgan fingerprint density at radius 1 is 0.815 bits per heavy atom. The number of aliphatic carboxylic acids is 3. The molecule has 1 saturated heterocycles. The minimum Gasteiger partial charge on any atom is -0.480 e. The zero-order chi connectivity index (χ0) is 20.6. The first-order valence-corrected chi connectivity index (χ1v) is 8.20. The van der Waals surface area contributed by atoms with Crippen molar-refractivity contribution in [2.45, 2.75) is 0 Å². The lowest BCUT2D eigenvalue weighted by Crippen LogP contribution is -2.54. The molecule has 0 aromatic carbocycles. The fraction of sp³-hybridized carbons (Fsp3) is 0.667. The van der Waals surface area contributed by atoms with Crippen molar-refractivity contribution >= 4 is 29.7 Å². The van der Waals surface area contributed by atoms with Gasteiger partial charge in [-0.3, -0.25) is 43.6 Å². The van der Waals surface area contributed by atoms with Crippen molar-refractivity contribution in [3.63, 3.8) is 0 Å². The molecule has 152 valence electrons. The summed E-state index contributed by atoms with van der Waals surface area (Å²) < 4.78 is 0. The molecule has 1 aliphatic rings. The topological polar surface area (TPSA) is 159 Å². The summed E-state index contributed by atoms with van der Waals surface area (Å²) in [5, 5.41) is 26.7. The molecule has 0 atom stereocenters. The summed E-state index contributed by atoms with van der Waals surface area (Å²) >= 11 is 0. The zero-order valence-electron chi connectivity index (χ0n) is 15.0. The lowest BCUT2D eigenvalue weighted by Gasteiger charge is -2.32. The van der Waals surface area contributed by atoms with Gasteiger partial charge in [-0.2, -0.15) is 0 Å². The third kappa shape index (κ3) is 8.57. The molecule has 0 spiro atoms. The van der Waals surface area contributed by atoms with Crippen LogP contribution in [0.5, 0.6) is 0 Å². The summed E-state index contributed by atoms with van der Waals surface area (Å²) in [6.07, 6.45) is 0. The van der Waals surface area contributed by atoms with Crippen LogP contribution in [0.15, 0.2) is 0 Å². The highest BCUT2D eigenvalue weighted by atomic mass is 16.4. The van der Waals surface area contributed by atoms with Crippen LogP contribution in [0.2, 0.25) is 0 Å². The Morgan fingerprint density at radius 2 is 1.22 bits per heavy atom. The first-order chi connectivity index (χ1) is 12.6. The second kappa shape index (κ2) is 10.5. The van der Waals surface area contributed by atoms with Gasteiger partial charge in [0.15, 0.2) is 0 Å². The van der Waals surface area contributed by atoms with Gasteiger partial charge in [-0.05, 0) is 0 Å². The van der Waals surface area contributed by atoms with Gasteiger partial charge < -0.3 is 15.3 Å². The summed E-state index contributed by atoms with van der Waals surface area (Å²) in [7, 11) is 1.40. The zero-order valence-corrected chi connectivity index (χ0v) is 15.0. The highest BCUT2D eigenvalue weighted by Crippen LogP contribution is 2.03. The van der Waals surface area contributed by atoms with Gasteiger partial charge in [-0.1, -0.05) is 0 Å². The van der Waals surface area contributed by atoms with Crippen LogP contribution >= 0.6 is 0 Å². The number of likely N-dealkylation sites (N-methyl/N-ethyl adjacent to an activating group) is 1. The maximum atomic E-state index is 11.7. The van der Waals surface area contributed by atoms with Gasteiger partial charge in [-0.25, -0.2) is 0 Å². The Labute approximate surface area is 155 Å². The number of hydrogen-bond acceptors (Lipinski definition) is 8. The van der Waals surface area contributed by atoms with Gasteiger partial charge in [0.2, 0.25) is 11.8 Å². The minimum atomic E-state index is -1.18. The van der Waals surface area contributed by atoms with Crippen molar-refractivity contribution in [2.24, 2.45) is 0 Å². The van der Waals surface area contributed by atoms with Crippen molar-refractivity contribution in [3.8, 4) is 0 Å². The fourth-order valence-corrected chi connectivity index (χ4v) is 2.57. The molecule has 27 heavy (non-hydrogen) atoms. The molecule has 1 heterocycles. The van der Waals surface area contributed by atoms with Gasteiger partial charge in [0.1, 0.15) is 0 Å². The Hall–Kier alpha value is -2.57. The molecule has 2 amide bonds. The quantitative estimate of drug-likeness (QED) is 0.295. The number of hydrogen-bond donors (Lipinski definition) is 3. The van der Waals surface area contributed by atoms with E-state index in [0.717, 1.165) is 4.90 Å². The molecular weight excluding hydrogens is 364 g/mol. The van der Waals surface area contributed by atoms with E-state index in [1.54, 1.807) is 4.90 Å². The Balaban J connectivity index is 2.60. The van der Waals surface area contributed by atoms with E-state index in [2.05, 4.69) is 0 Å². The molecule has 1 rings (SSSR count). The lowest BCUT2D eigenvalue weighted by atomic mass is 10.3. The van der Waals surface area contributed by atoms with Gasteiger partial charge >= 0.3 is 17.9 Å². The molecule has 0 unspecified atom stereocenters. The maximum Gasteiger partial charge on any atom is 0.317 e. The summed E-state index contributed by atoms with van der Waals surface area (Å²) in [6.45, 7) is -0.510. The lowest BCUT2D eigenvalue weighted by molar-refractivity contribution is -0.150. The van der Waals surface area contributed by atoms with Gasteiger partial charge in [0.05, 0.1) is 32.7 Å². The summed E-state index contributed by atoms with van der Waals surface area (Å²) in [6, 6.07) is 0. The molecule has 0 aliphatic carbocycles. The average molecular weight is 388 g/mol. The highest BCUT2D eigenvalue weighted by molar-refractivity contribution is 5.99. The second-order valence-electron chi connectivity index (χ2n) is 6.23. The molecule has 1 fully saturated rings. The maximum absolute atomic E-state index is 11.7. The van der Waals surface area contributed by atoms with E-state index in [-0.39, 0.29) is 57.6 Å². The van der Waals surface area contributed by atoms with E-state index in [4.69, 9.17) is 15.3 Å². The van der Waals surface area contributed by atoms with Crippen LogP contribution in [0.4, 0.5) is 0 Å². The predicted octanol–water partition coefficient (Wildman–Crippen LogP) is -2.86. The smallest absolute Gasteiger partial charge is 0.317 e. The number of carbonyl (C=O) groups is 5.